The van der Waals surface area contributed by atoms with Crippen molar-refractivity contribution in [3.05, 3.63) is 47.5 Å². The Hall–Kier alpha value is -1.88. The van der Waals surface area contributed by atoms with Crippen LogP contribution >= 0.6 is 0 Å². The summed E-state index contributed by atoms with van der Waals surface area (Å²) >= 11 is 0. The first kappa shape index (κ1) is 13.1. The van der Waals surface area contributed by atoms with E-state index in [1.165, 1.54) is 25.0 Å². The number of halogens is 1. The van der Waals surface area contributed by atoms with E-state index in [1.54, 1.807) is 12.1 Å². The minimum atomic E-state index is -0.288. The zero-order chi connectivity index (χ0) is 14.1. The lowest BCUT2D eigenvalue weighted by Gasteiger charge is -2.18. The number of carbonyl (C=O) groups excluding carboxylic acids is 1. The normalized spacial score (nSPS) is 21.8. The van der Waals surface area contributed by atoms with Crippen molar-refractivity contribution in [1.29, 1.82) is 0 Å². The summed E-state index contributed by atoms with van der Waals surface area (Å²) in [7, 11) is 1.90. The maximum absolute atomic E-state index is 12.8. The van der Waals surface area contributed by atoms with Gasteiger partial charge in [-0.1, -0.05) is 12.1 Å². The molecule has 1 atom stereocenters. The van der Waals surface area contributed by atoms with E-state index < -0.39 is 0 Å². The summed E-state index contributed by atoms with van der Waals surface area (Å²) in [4.78, 5) is 12.0. The smallest absolute Gasteiger partial charge is 0.229 e. The first-order valence-electron chi connectivity index (χ1n) is 6.88. The maximum atomic E-state index is 12.8. The highest BCUT2D eigenvalue weighted by atomic mass is 19.1. The molecule has 1 aliphatic carbocycles. The molecule has 2 N–H and O–H groups in total. The van der Waals surface area contributed by atoms with Crippen LogP contribution in [0.1, 0.15) is 18.4 Å². The number of hydrazine groups is 1. The number of carbonyl (C=O) groups is 1. The maximum Gasteiger partial charge on any atom is 0.229 e. The van der Waals surface area contributed by atoms with Gasteiger partial charge in [0.05, 0.1) is 12.5 Å². The minimum absolute atomic E-state index is 0.0899. The van der Waals surface area contributed by atoms with Gasteiger partial charge in [-0.2, -0.15) is 0 Å². The summed E-state index contributed by atoms with van der Waals surface area (Å²) < 4.78 is 12.8. The second-order valence-electron chi connectivity index (χ2n) is 5.45. The average Bonchev–Trinajstić information content (AvgIpc) is 3.19. The lowest BCUT2D eigenvalue weighted by molar-refractivity contribution is -0.120. The molecule has 5 heteroatoms. The summed E-state index contributed by atoms with van der Waals surface area (Å²) in [6, 6.07) is 6.34. The van der Waals surface area contributed by atoms with Crippen LogP contribution in [0.15, 0.2) is 36.2 Å². The molecule has 4 nitrogen and oxygen atoms in total. The van der Waals surface area contributed by atoms with E-state index in [0.29, 0.717) is 12.0 Å². The molecule has 1 heterocycles. The number of nitrogens with one attached hydrogen (secondary N) is 2. The van der Waals surface area contributed by atoms with E-state index in [-0.39, 0.29) is 18.1 Å². The SMILES string of the molecule is CN1NC(C2CC2)C=C1NC(=O)Cc1ccc(F)cc1. The highest BCUT2D eigenvalue weighted by molar-refractivity contribution is 5.80. The van der Waals surface area contributed by atoms with Crippen LogP contribution in [0.4, 0.5) is 4.39 Å². The summed E-state index contributed by atoms with van der Waals surface area (Å²) in [6.07, 6.45) is 4.82. The summed E-state index contributed by atoms with van der Waals surface area (Å²) in [5, 5.41) is 4.75. The molecule has 1 aliphatic heterocycles. The van der Waals surface area contributed by atoms with Crippen molar-refractivity contribution in [2.45, 2.75) is 25.3 Å². The highest BCUT2D eigenvalue weighted by Gasteiger charge is 2.34. The monoisotopic (exact) mass is 275 g/mol. The van der Waals surface area contributed by atoms with Gasteiger partial charge in [0, 0.05) is 7.05 Å². The third-order valence-electron chi connectivity index (χ3n) is 3.72. The molecule has 106 valence electrons. The molecule has 0 saturated heterocycles. The fraction of sp³-hybridized carbons (Fsp3) is 0.400. The van der Waals surface area contributed by atoms with Gasteiger partial charge in [-0.15, -0.1) is 0 Å². The van der Waals surface area contributed by atoms with Gasteiger partial charge in [-0.3, -0.25) is 9.80 Å². The van der Waals surface area contributed by atoms with Crippen molar-refractivity contribution >= 4 is 5.91 Å². The Morgan fingerprint density at radius 3 is 2.75 bits per heavy atom. The number of nitrogens with zero attached hydrogens (tertiary/aromatic N) is 1. The lowest BCUT2D eigenvalue weighted by Crippen LogP contribution is -2.39. The van der Waals surface area contributed by atoms with Gasteiger partial charge in [-0.25, -0.2) is 9.82 Å². The average molecular weight is 275 g/mol. The van der Waals surface area contributed by atoms with Crippen LogP contribution in [0.25, 0.3) is 0 Å². The van der Waals surface area contributed by atoms with Crippen LogP contribution in [0.2, 0.25) is 0 Å². The minimum Gasteiger partial charge on any atom is -0.311 e. The Balaban J connectivity index is 1.58. The molecule has 0 radical (unpaired) electrons. The predicted octanol–water partition coefficient (Wildman–Crippen LogP) is 1.55. The molecule has 1 aromatic carbocycles. The van der Waals surface area contributed by atoms with Crippen LogP contribution in [-0.2, 0) is 11.2 Å². The number of benzene rings is 1. The number of rotatable bonds is 4. The van der Waals surface area contributed by atoms with E-state index in [1.807, 2.05) is 12.1 Å². The molecule has 0 aromatic heterocycles. The topological polar surface area (TPSA) is 44.4 Å². The number of amides is 1. The quantitative estimate of drug-likeness (QED) is 0.876. The number of hydrogen-bond acceptors (Lipinski definition) is 3. The molecule has 2 aliphatic rings. The van der Waals surface area contributed by atoms with Crippen molar-refractivity contribution in [3.63, 3.8) is 0 Å². The Bertz CT molecular complexity index is 537. The summed E-state index contributed by atoms with van der Waals surface area (Å²) in [6.45, 7) is 0. The molecule has 1 fully saturated rings. The van der Waals surface area contributed by atoms with Crippen LogP contribution in [0.3, 0.4) is 0 Å². The van der Waals surface area contributed by atoms with Gasteiger partial charge >= 0.3 is 0 Å². The molecule has 20 heavy (non-hydrogen) atoms. The van der Waals surface area contributed by atoms with Crippen LogP contribution < -0.4 is 10.7 Å². The molecule has 1 aromatic rings. The molecule has 0 bridgehead atoms. The van der Waals surface area contributed by atoms with Crippen molar-refractivity contribution in [3.8, 4) is 0 Å². The van der Waals surface area contributed by atoms with Gasteiger partial charge in [0.15, 0.2) is 0 Å². The third kappa shape index (κ3) is 2.99. The van der Waals surface area contributed by atoms with Gasteiger partial charge in [0.25, 0.3) is 0 Å². The van der Waals surface area contributed by atoms with Crippen LogP contribution in [0, 0.1) is 11.7 Å². The molecule has 0 spiro atoms. The highest BCUT2D eigenvalue weighted by Crippen LogP contribution is 2.35. The van der Waals surface area contributed by atoms with Crippen molar-refractivity contribution < 1.29 is 9.18 Å². The van der Waals surface area contributed by atoms with E-state index in [9.17, 15) is 9.18 Å². The summed E-state index contributed by atoms with van der Waals surface area (Å²) in [5.41, 5.74) is 4.12. The van der Waals surface area contributed by atoms with E-state index in [0.717, 1.165) is 11.4 Å². The predicted molar refractivity (Wildman–Crippen MR) is 73.7 cm³/mol. The lowest BCUT2D eigenvalue weighted by atomic mass is 10.1. The Labute approximate surface area is 117 Å². The molecular weight excluding hydrogens is 257 g/mol. The van der Waals surface area contributed by atoms with Crippen LogP contribution in [-0.4, -0.2) is 24.0 Å². The van der Waals surface area contributed by atoms with Gasteiger partial charge in [0.2, 0.25) is 5.91 Å². The second kappa shape index (κ2) is 5.25. The Morgan fingerprint density at radius 2 is 2.10 bits per heavy atom. The fourth-order valence-electron chi connectivity index (χ4n) is 2.41. The zero-order valence-electron chi connectivity index (χ0n) is 11.4. The van der Waals surface area contributed by atoms with Gasteiger partial charge in [0.1, 0.15) is 11.6 Å². The van der Waals surface area contributed by atoms with Crippen molar-refractivity contribution in [2.75, 3.05) is 7.05 Å². The standard InChI is InChI=1S/C15H18FN3O/c1-19-14(9-13(18-19)11-4-5-11)17-15(20)8-10-2-6-12(16)7-3-10/h2-3,6-7,9,11,13,18H,4-5,8H2,1H3,(H,17,20). The first-order chi connectivity index (χ1) is 9.61. The van der Waals surface area contributed by atoms with E-state index in [4.69, 9.17) is 0 Å². The fourth-order valence-corrected chi connectivity index (χ4v) is 2.41. The van der Waals surface area contributed by atoms with Crippen molar-refractivity contribution in [2.24, 2.45) is 5.92 Å². The Morgan fingerprint density at radius 1 is 1.40 bits per heavy atom. The van der Waals surface area contributed by atoms with Gasteiger partial charge in [-0.05, 0) is 42.5 Å². The van der Waals surface area contributed by atoms with Gasteiger partial charge < -0.3 is 5.32 Å². The molecular formula is C15H18FN3O. The molecule has 3 rings (SSSR count). The number of hydrogen-bond donors (Lipinski definition) is 2. The zero-order valence-corrected chi connectivity index (χ0v) is 11.4. The largest absolute Gasteiger partial charge is 0.311 e. The second-order valence-corrected chi connectivity index (χ2v) is 5.45. The van der Waals surface area contributed by atoms with E-state index >= 15 is 0 Å². The van der Waals surface area contributed by atoms with Crippen LogP contribution in [0.5, 0.6) is 0 Å². The summed E-state index contributed by atoms with van der Waals surface area (Å²) in [5.74, 6) is 1.12. The van der Waals surface area contributed by atoms with E-state index in [2.05, 4.69) is 16.8 Å². The van der Waals surface area contributed by atoms with Crippen molar-refractivity contribution in [1.82, 2.24) is 15.8 Å². The molecule has 1 saturated carbocycles. The first-order valence-corrected chi connectivity index (χ1v) is 6.88. The third-order valence-corrected chi connectivity index (χ3v) is 3.72. The molecule has 1 amide bonds. The Kier molecular flexibility index (Phi) is 3.44. The molecule has 1 unspecified atom stereocenters.